The molecule has 3 rings (SSSR count). The van der Waals surface area contributed by atoms with E-state index in [0.717, 1.165) is 29.7 Å². The molecule has 1 aliphatic rings. The lowest BCUT2D eigenvalue weighted by Gasteiger charge is -2.42. The van der Waals surface area contributed by atoms with E-state index in [2.05, 4.69) is 6.92 Å². The third-order valence-corrected chi connectivity index (χ3v) is 6.26. The molecule has 1 fully saturated rings. The zero-order chi connectivity index (χ0) is 23.8. The predicted molar refractivity (Wildman–Crippen MR) is 129 cm³/mol. The second-order valence-electron chi connectivity index (χ2n) is 8.54. The topological polar surface area (TPSA) is 59.1 Å². The second kappa shape index (κ2) is 11.7. The van der Waals surface area contributed by atoms with Crippen LogP contribution < -0.4 is 9.47 Å². The maximum atomic E-state index is 13.7. The highest BCUT2D eigenvalue weighted by Gasteiger charge is 2.42. The van der Waals surface area contributed by atoms with E-state index in [1.165, 1.54) is 0 Å². The monoisotopic (exact) mass is 452 g/mol. The van der Waals surface area contributed by atoms with E-state index in [1.54, 1.807) is 12.0 Å². The molecule has 0 saturated carbocycles. The molecule has 2 aromatic rings. The van der Waals surface area contributed by atoms with Crippen molar-refractivity contribution in [3.05, 3.63) is 59.7 Å². The average Bonchev–Trinajstić information content (AvgIpc) is 2.84. The van der Waals surface area contributed by atoms with Crippen LogP contribution in [0.2, 0.25) is 0 Å². The van der Waals surface area contributed by atoms with Crippen LogP contribution in [-0.2, 0) is 16.1 Å². The molecule has 0 N–H and O–H groups in total. The fourth-order valence-electron chi connectivity index (χ4n) is 4.59. The largest absolute Gasteiger partial charge is 0.496 e. The van der Waals surface area contributed by atoms with Crippen molar-refractivity contribution in [1.82, 2.24) is 9.80 Å². The summed E-state index contributed by atoms with van der Waals surface area (Å²) in [6.07, 6.45) is 2.82. The molecule has 33 heavy (non-hydrogen) atoms. The highest BCUT2D eigenvalue weighted by molar-refractivity contribution is 5.85. The van der Waals surface area contributed by atoms with Gasteiger partial charge in [-0.2, -0.15) is 0 Å². The zero-order valence-corrected chi connectivity index (χ0v) is 20.3. The first-order valence-corrected chi connectivity index (χ1v) is 11.9. The molecule has 0 aromatic heterocycles. The van der Waals surface area contributed by atoms with E-state index < -0.39 is 0 Å². The van der Waals surface area contributed by atoms with Gasteiger partial charge in [-0.05, 0) is 43.5 Å². The van der Waals surface area contributed by atoms with Crippen molar-refractivity contribution in [3.8, 4) is 11.5 Å². The fraction of sp³-hybridized carbons (Fsp3) is 0.481. The highest BCUT2D eigenvalue weighted by Crippen LogP contribution is 2.41. The SMILES string of the molecule is CCCCN1C(=O)CCC(C(=O)N(C)Cc2ccc(OCC)cc2)C1c1ccccc1OC. The van der Waals surface area contributed by atoms with E-state index in [0.29, 0.717) is 38.3 Å². The van der Waals surface area contributed by atoms with Gasteiger partial charge in [0, 0.05) is 32.1 Å². The minimum atomic E-state index is -0.329. The summed E-state index contributed by atoms with van der Waals surface area (Å²) >= 11 is 0. The van der Waals surface area contributed by atoms with Crippen molar-refractivity contribution >= 4 is 11.8 Å². The summed E-state index contributed by atoms with van der Waals surface area (Å²) in [6.45, 7) is 5.84. The van der Waals surface area contributed by atoms with Crippen molar-refractivity contribution in [2.24, 2.45) is 5.92 Å². The molecule has 0 spiro atoms. The van der Waals surface area contributed by atoms with Gasteiger partial charge in [0.2, 0.25) is 11.8 Å². The summed E-state index contributed by atoms with van der Waals surface area (Å²) in [5.41, 5.74) is 1.94. The summed E-state index contributed by atoms with van der Waals surface area (Å²) in [7, 11) is 3.47. The number of benzene rings is 2. The Morgan fingerprint density at radius 2 is 1.85 bits per heavy atom. The first-order chi connectivity index (χ1) is 16.0. The smallest absolute Gasteiger partial charge is 0.228 e. The number of ether oxygens (including phenoxy) is 2. The number of unbranched alkanes of at least 4 members (excludes halogenated alkanes) is 1. The van der Waals surface area contributed by atoms with Gasteiger partial charge in [0.1, 0.15) is 11.5 Å². The van der Waals surface area contributed by atoms with Crippen LogP contribution in [0.3, 0.4) is 0 Å². The molecule has 6 nitrogen and oxygen atoms in total. The van der Waals surface area contributed by atoms with Crippen molar-refractivity contribution in [2.45, 2.75) is 52.1 Å². The number of rotatable bonds is 10. The normalized spacial score (nSPS) is 18.2. The number of methoxy groups -OCH3 is 1. The van der Waals surface area contributed by atoms with Crippen molar-refractivity contribution in [3.63, 3.8) is 0 Å². The summed E-state index contributed by atoms with van der Waals surface area (Å²) in [6, 6.07) is 15.3. The summed E-state index contributed by atoms with van der Waals surface area (Å²) < 4.78 is 11.1. The number of nitrogens with zero attached hydrogens (tertiary/aromatic N) is 2. The van der Waals surface area contributed by atoms with Crippen LogP contribution in [0.15, 0.2) is 48.5 Å². The zero-order valence-electron chi connectivity index (χ0n) is 20.3. The van der Waals surface area contributed by atoms with Crippen molar-refractivity contribution < 1.29 is 19.1 Å². The Kier molecular flexibility index (Phi) is 8.75. The van der Waals surface area contributed by atoms with Gasteiger partial charge in [0.05, 0.1) is 25.7 Å². The molecule has 2 aromatic carbocycles. The number of likely N-dealkylation sites (tertiary alicyclic amines) is 1. The summed E-state index contributed by atoms with van der Waals surface area (Å²) in [4.78, 5) is 30.3. The van der Waals surface area contributed by atoms with Gasteiger partial charge in [-0.1, -0.05) is 43.7 Å². The Morgan fingerprint density at radius 3 is 2.52 bits per heavy atom. The number of piperidine rings is 1. The highest BCUT2D eigenvalue weighted by atomic mass is 16.5. The molecule has 0 aliphatic carbocycles. The van der Waals surface area contributed by atoms with Crippen molar-refractivity contribution in [2.75, 3.05) is 27.3 Å². The van der Waals surface area contributed by atoms with Crippen LogP contribution >= 0.6 is 0 Å². The molecule has 0 radical (unpaired) electrons. The first kappa shape index (κ1) is 24.6. The Morgan fingerprint density at radius 1 is 1.12 bits per heavy atom. The standard InChI is InChI=1S/C27H36N2O4/c1-5-7-18-29-25(30)17-16-23(26(29)22-10-8-9-11-24(22)32-4)27(31)28(3)19-20-12-14-21(15-13-20)33-6-2/h8-15,23,26H,5-7,16-19H2,1-4H3. The molecule has 2 unspecified atom stereocenters. The number of hydrogen-bond donors (Lipinski definition) is 0. The van der Waals surface area contributed by atoms with Gasteiger partial charge in [-0.3, -0.25) is 9.59 Å². The minimum Gasteiger partial charge on any atom is -0.496 e. The maximum absolute atomic E-state index is 13.7. The van der Waals surface area contributed by atoms with Crippen molar-refractivity contribution in [1.29, 1.82) is 0 Å². The maximum Gasteiger partial charge on any atom is 0.228 e. The first-order valence-electron chi connectivity index (χ1n) is 11.9. The van der Waals surface area contributed by atoms with Gasteiger partial charge in [-0.15, -0.1) is 0 Å². The number of para-hydroxylation sites is 1. The van der Waals surface area contributed by atoms with Gasteiger partial charge >= 0.3 is 0 Å². The quantitative estimate of drug-likeness (QED) is 0.518. The van der Waals surface area contributed by atoms with Gasteiger partial charge in [-0.25, -0.2) is 0 Å². The fourth-order valence-corrected chi connectivity index (χ4v) is 4.59. The Balaban J connectivity index is 1.87. The third-order valence-electron chi connectivity index (χ3n) is 6.26. The molecule has 2 atom stereocenters. The second-order valence-corrected chi connectivity index (χ2v) is 8.54. The molecule has 1 aliphatic heterocycles. The summed E-state index contributed by atoms with van der Waals surface area (Å²) in [5.74, 6) is 1.38. The van der Waals surface area contributed by atoms with E-state index in [-0.39, 0.29) is 23.8 Å². The van der Waals surface area contributed by atoms with E-state index in [4.69, 9.17) is 9.47 Å². The molecule has 0 bridgehead atoms. The Labute approximate surface area is 197 Å². The molecule has 1 saturated heterocycles. The molecule has 1 heterocycles. The van der Waals surface area contributed by atoms with Crippen LogP contribution in [0, 0.1) is 5.92 Å². The molecular weight excluding hydrogens is 416 g/mol. The molecule has 178 valence electrons. The number of hydrogen-bond acceptors (Lipinski definition) is 4. The van der Waals surface area contributed by atoms with E-state index in [9.17, 15) is 9.59 Å². The third kappa shape index (κ3) is 5.86. The van der Waals surface area contributed by atoms with Gasteiger partial charge in [0.15, 0.2) is 0 Å². The molecule has 2 amide bonds. The number of amides is 2. The van der Waals surface area contributed by atoms with Crippen LogP contribution in [0.1, 0.15) is 56.7 Å². The van der Waals surface area contributed by atoms with E-state index >= 15 is 0 Å². The Bertz CT molecular complexity index is 928. The van der Waals surface area contributed by atoms with Crippen LogP contribution in [0.4, 0.5) is 0 Å². The average molecular weight is 453 g/mol. The number of carbonyl (C=O) groups excluding carboxylic acids is 2. The van der Waals surface area contributed by atoms with Gasteiger partial charge in [0.25, 0.3) is 0 Å². The number of carbonyl (C=O) groups is 2. The Hall–Kier alpha value is -3.02. The van der Waals surface area contributed by atoms with E-state index in [1.807, 2.05) is 67.4 Å². The van der Waals surface area contributed by atoms with Gasteiger partial charge < -0.3 is 19.3 Å². The van der Waals surface area contributed by atoms with Crippen LogP contribution in [-0.4, -0.2) is 48.9 Å². The summed E-state index contributed by atoms with van der Waals surface area (Å²) in [5, 5.41) is 0. The minimum absolute atomic E-state index is 0.0498. The molecule has 6 heteroatoms. The molecular formula is C27H36N2O4. The lowest BCUT2D eigenvalue weighted by molar-refractivity contribution is -0.147. The lowest BCUT2D eigenvalue weighted by Crippen LogP contribution is -2.48. The lowest BCUT2D eigenvalue weighted by atomic mass is 9.82. The predicted octanol–water partition coefficient (Wildman–Crippen LogP) is 4.83. The van der Waals surface area contributed by atoms with Crippen LogP contribution in [0.5, 0.6) is 11.5 Å². The van der Waals surface area contributed by atoms with Crippen LogP contribution in [0.25, 0.3) is 0 Å².